The van der Waals surface area contributed by atoms with Crippen molar-refractivity contribution in [3.63, 3.8) is 0 Å². The van der Waals surface area contributed by atoms with E-state index < -0.39 is 12.0 Å². The van der Waals surface area contributed by atoms with Gasteiger partial charge in [-0.25, -0.2) is 4.79 Å². The Balaban J connectivity index is 2.62. The molecule has 5 nitrogen and oxygen atoms in total. The first kappa shape index (κ1) is 14.2. The first-order valence-electron chi connectivity index (χ1n) is 5.68. The maximum absolute atomic E-state index is 11.8. The van der Waals surface area contributed by atoms with Gasteiger partial charge < -0.3 is 15.2 Å². The zero-order chi connectivity index (χ0) is 13.5. The highest BCUT2D eigenvalue weighted by atomic mass is 16.6. The van der Waals surface area contributed by atoms with Crippen molar-refractivity contribution >= 4 is 11.8 Å². The van der Waals surface area contributed by atoms with Gasteiger partial charge in [0.1, 0.15) is 5.75 Å². The maximum Gasteiger partial charge on any atom is 0.343 e. The Bertz CT molecular complexity index is 414. The van der Waals surface area contributed by atoms with E-state index in [1.807, 2.05) is 6.92 Å². The van der Waals surface area contributed by atoms with Crippen LogP contribution in [-0.4, -0.2) is 31.5 Å². The molecular formula is C13H17NO4. The van der Waals surface area contributed by atoms with E-state index >= 15 is 0 Å². The number of hydrogen-bond donors (Lipinski definition) is 1. The van der Waals surface area contributed by atoms with Crippen LogP contribution in [0.25, 0.3) is 0 Å². The third kappa shape index (κ3) is 3.85. The number of carbonyl (C=O) groups is 2. The summed E-state index contributed by atoms with van der Waals surface area (Å²) >= 11 is 0. The number of nitrogens with two attached hydrogens (primary N) is 1. The number of esters is 1. The third-order valence-corrected chi connectivity index (χ3v) is 2.50. The lowest BCUT2D eigenvalue weighted by Crippen LogP contribution is -2.29. The molecule has 1 aromatic carbocycles. The van der Waals surface area contributed by atoms with E-state index in [1.54, 1.807) is 24.3 Å². The molecule has 0 radical (unpaired) electrons. The van der Waals surface area contributed by atoms with E-state index in [-0.39, 0.29) is 12.4 Å². The molecule has 0 heterocycles. The number of rotatable bonds is 6. The number of hydrogen-bond acceptors (Lipinski definition) is 5. The third-order valence-electron chi connectivity index (χ3n) is 2.50. The minimum absolute atomic E-state index is 0.1000. The van der Waals surface area contributed by atoms with E-state index in [0.29, 0.717) is 17.7 Å². The number of methoxy groups -OCH3 is 1. The van der Waals surface area contributed by atoms with Crippen LogP contribution in [0.1, 0.15) is 23.7 Å². The van der Waals surface area contributed by atoms with Gasteiger partial charge in [-0.2, -0.15) is 0 Å². The van der Waals surface area contributed by atoms with Crippen LogP contribution in [0, 0.1) is 0 Å². The van der Waals surface area contributed by atoms with Crippen molar-refractivity contribution < 1.29 is 19.1 Å². The van der Waals surface area contributed by atoms with Gasteiger partial charge in [0.2, 0.25) is 0 Å². The topological polar surface area (TPSA) is 78.6 Å². The van der Waals surface area contributed by atoms with E-state index in [4.69, 9.17) is 10.5 Å². The van der Waals surface area contributed by atoms with Crippen LogP contribution in [-0.2, 0) is 9.53 Å². The van der Waals surface area contributed by atoms with Crippen molar-refractivity contribution in [1.82, 2.24) is 0 Å². The molecule has 5 heteroatoms. The van der Waals surface area contributed by atoms with E-state index in [2.05, 4.69) is 4.74 Å². The van der Waals surface area contributed by atoms with Crippen molar-refractivity contribution in [2.75, 3.05) is 13.7 Å². The highest BCUT2D eigenvalue weighted by Crippen LogP contribution is 2.13. The summed E-state index contributed by atoms with van der Waals surface area (Å²) in [5.74, 6) is -0.0535. The molecule has 0 amide bonds. The second-order valence-electron chi connectivity index (χ2n) is 3.77. The lowest BCUT2D eigenvalue weighted by atomic mass is 10.0. The SMILES string of the molecule is CC[C@@H](N)C(=O)c1ccc(OCC(=O)OC)cc1. The van der Waals surface area contributed by atoms with Crippen LogP contribution < -0.4 is 10.5 Å². The number of carbonyl (C=O) groups excluding carboxylic acids is 2. The van der Waals surface area contributed by atoms with Gasteiger partial charge in [-0.3, -0.25) is 4.79 Å². The second kappa shape index (κ2) is 6.76. The summed E-state index contributed by atoms with van der Waals surface area (Å²) in [5, 5.41) is 0. The van der Waals surface area contributed by atoms with Crippen LogP contribution in [0.5, 0.6) is 5.75 Å². The predicted molar refractivity (Wildman–Crippen MR) is 66.5 cm³/mol. The van der Waals surface area contributed by atoms with E-state index in [9.17, 15) is 9.59 Å². The first-order chi connectivity index (χ1) is 8.58. The molecule has 18 heavy (non-hydrogen) atoms. The number of Topliss-reactive ketones (excluding diaryl/α,β-unsaturated/α-hetero) is 1. The number of ether oxygens (including phenoxy) is 2. The number of benzene rings is 1. The summed E-state index contributed by atoms with van der Waals surface area (Å²) in [7, 11) is 1.29. The van der Waals surface area contributed by atoms with Gasteiger partial charge in [0, 0.05) is 5.56 Å². The van der Waals surface area contributed by atoms with Gasteiger partial charge in [0.25, 0.3) is 0 Å². The van der Waals surface area contributed by atoms with Crippen molar-refractivity contribution in [2.45, 2.75) is 19.4 Å². The molecule has 0 aliphatic rings. The van der Waals surface area contributed by atoms with Gasteiger partial charge in [-0.05, 0) is 30.7 Å². The van der Waals surface area contributed by atoms with Crippen molar-refractivity contribution in [1.29, 1.82) is 0 Å². The number of ketones is 1. The van der Waals surface area contributed by atoms with E-state index in [0.717, 1.165) is 0 Å². The summed E-state index contributed by atoms with van der Waals surface area (Å²) < 4.78 is 9.61. The van der Waals surface area contributed by atoms with Crippen LogP contribution in [0.2, 0.25) is 0 Å². The van der Waals surface area contributed by atoms with Crippen LogP contribution >= 0.6 is 0 Å². The Kier molecular flexibility index (Phi) is 5.32. The minimum atomic E-state index is -0.480. The summed E-state index contributed by atoms with van der Waals surface area (Å²) in [6.45, 7) is 1.70. The van der Waals surface area contributed by atoms with Crippen molar-refractivity contribution in [3.8, 4) is 5.75 Å². The van der Waals surface area contributed by atoms with Crippen LogP contribution in [0.4, 0.5) is 0 Å². The van der Waals surface area contributed by atoms with Gasteiger partial charge in [-0.1, -0.05) is 6.92 Å². The molecule has 1 rings (SSSR count). The maximum atomic E-state index is 11.8. The molecule has 0 bridgehead atoms. The molecule has 0 aromatic heterocycles. The van der Waals surface area contributed by atoms with E-state index in [1.165, 1.54) is 7.11 Å². The Morgan fingerprint density at radius 3 is 2.39 bits per heavy atom. The fraction of sp³-hybridized carbons (Fsp3) is 0.385. The van der Waals surface area contributed by atoms with Gasteiger partial charge in [0.15, 0.2) is 12.4 Å². The molecule has 0 fully saturated rings. The largest absolute Gasteiger partial charge is 0.482 e. The summed E-state index contributed by atoms with van der Waals surface area (Å²) in [6, 6.07) is 6.03. The predicted octanol–water partition coefficient (Wildman–Crippen LogP) is 1.16. The molecule has 0 spiro atoms. The lowest BCUT2D eigenvalue weighted by Gasteiger charge is -2.08. The first-order valence-corrected chi connectivity index (χ1v) is 5.68. The molecule has 0 unspecified atom stereocenters. The molecule has 1 aromatic rings. The minimum Gasteiger partial charge on any atom is -0.482 e. The van der Waals surface area contributed by atoms with Crippen LogP contribution in [0.15, 0.2) is 24.3 Å². The van der Waals surface area contributed by atoms with Crippen molar-refractivity contribution in [2.24, 2.45) is 5.73 Å². The molecule has 2 N–H and O–H groups in total. The fourth-order valence-corrected chi connectivity index (χ4v) is 1.32. The summed E-state index contributed by atoms with van der Waals surface area (Å²) in [6.07, 6.45) is 0.597. The Hall–Kier alpha value is -1.88. The zero-order valence-electron chi connectivity index (χ0n) is 10.5. The van der Waals surface area contributed by atoms with Crippen molar-refractivity contribution in [3.05, 3.63) is 29.8 Å². The molecule has 0 aliphatic heterocycles. The van der Waals surface area contributed by atoms with Gasteiger partial charge in [0.05, 0.1) is 13.2 Å². The molecule has 0 saturated heterocycles. The standard InChI is InChI=1S/C13H17NO4/c1-3-11(14)13(16)9-4-6-10(7-5-9)18-8-12(15)17-2/h4-7,11H,3,8,14H2,1-2H3/t11-/m1/s1. The smallest absolute Gasteiger partial charge is 0.343 e. The Labute approximate surface area is 106 Å². The fourth-order valence-electron chi connectivity index (χ4n) is 1.32. The lowest BCUT2D eigenvalue weighted by molar-refractivity contribution is -0.142. The molecule has 0 saturated carbocycles. The summed E-state index contributed by atoms with van der Waals surface area (Å²) in [4.78, 5) is 22.6. The highest BCUT2D eigenvalue weighted by Gasteiger charge is 2.13. The highest BCUT2D eigenvalue weighted by molar-refractivity contribution is 5.99. The Morgan fingerprint density at radius 1 is 1.28 bits per heavy atom. The summed E-state index contributed by atoms with van der Waals surface area (Å²) in [5.41, 5.74) is 6.20. The van der Waals surface area contributed by atoms with Gasteiger partial charge >= 0.3 is 5.97 Å². The monoisotopic (exact) mass is 251 g/mol. The average molecular weight is 251 g/mol. The molecule has 0 aliphatic carbocycles. The van der Waals surface area contributed by atoms with Gasteiger partial charge in [-0.15, -0.1) is 0 Å². The molecular weight excluding hydrogens is 234 g/mol. The van der Waals surface area contributed by atoms with Crippen LogP contribution in [0.3, 0.4) is 0 Å². The zero-order valence-corrected chi connectivity index (χ0v) is 10.5. The molecule has 98 valence electrons. The average Bonchev–Trinajstić information content (AvgIpc) is 2.43. The molecule has 1 atom stereocenters. The Morgan fingerprint density at radius 2 is 1.89 bits per heavy atom. The second-order valence-corrected chi connectivity index (χ2v) is 3.77. The normalized spacial score (nSPS) is 11.7. The quantitative estimate of drug-likeness (QED) is 0.606.